The van der Waals surface area contributed by atoms with Crippen molar-refractivity contribution >= 4 is 11.8 Å². The van der Waals surface area contributed by atoms with Gasteiger partial charge in [-0.25, -0.2) is 0 Å². The lowest BCUT2D eigenvalue weighted by atomic mass is 10.2. The smallest absolute Gasteiger partial charge is 0.191 e. The van der Waals surface area contributed by atoms with Gasteiger partial charge in [0, 0.05) is 12.8 Å². The zero-order valence-electron chi connectivity index (χ0n) is 15.8. The van der Waals surface area contributed by atoms with Crippen LogP contribution in [0.15, 0.2) is 53.7 Å². The number of aromatic nitrogens is 3. The van der Waals surface area contributed by atoms with Gasteiger partial charge in [-0.2, -0.15) is 0 Å². The highest BCUT2D eigenvalue weighted by atomic mass is 32.2. The van der Waals surface area contributed by atoms with Crippen LogP contribution in [0.1, 0.15) is 42.5 Å². The Labute approximate surface area is 159 Å². The van der Waals surface area contributed by atoms with Crippen LogP contribution in [-0.4, -0.2) is 14.8 Å². The number of nitrogens with zero attached hydrogens (tertiary/aromatic N) is 3. The fourth-order valence-electron chi connectivity index (χ4n) is 2.70. The molecule has 0 saturated carbocycles. The highest BCUT2D eigenvalue weighted by Gasteiger charge is 2.17. The van der Waals surface area contributed by atoms with Crippen LogP contribution in [0.25, 0.3) is 0 Å². The topological polar surface area (TPSA) is 39.9 Å². The summed E-state index contributed by atoms with van der Waals surface area (Å²) in [6.45, 7) is 6.25. The third-order valence-corrected chi connectivity index (χ3v) is 5.46. The molecule has 4 nitrogen and oxygen atoms in total. The summed E-state index contributed by atoms with van der Waals surface area (Å²) in [5.74, 6) is 2.56. The summed E-state index contributed by atoms with van der Waals surface area (Å²) in [5, 5.41) is 9.57. The van der Waals surface area contributed by atoms with Crippen molar-refractivity contribution < 1.29 is 4.74 Å². The Hall–Kier alpha value is -2.27. The lowest BCUT2D eigenvalue weighted by Crippen LogP contribution is -2.10. The fraction of sp³-hybridized carbons (Fsp3) is 0.333. The molecule has 0 spiro atoms. The molecule has 0 aliphatic heterocycles. The molecular formula is C21H25N3OS. The van der Waals surface area contributed by atoms with E-state index in [1.165, 1.54) is 16.7 Å². The molecule has 0 N–H and O–H groups in total. The monoisotopic (exact) mass is 367 g/mol. The van der Waals surface area contributed by atoms with Gasteiger partial charge >= 0.3 is 0 Å². The molecule has 1 atom stereocenters. The maximum atomic E-state index is 6.04. The number of benzene rings is 2. The molecule has 0 aliphatic carbocycles. The zero-order valence-corrected chi connectivity index (χ0v) is 16.6. The number of hydrogen-bond donors (Lipinski definition) is 0. The first kappa shape index (κ1) is 18.5. The lowest BCUT2D eigenvalue weighted by Gasteiger charge is -2.14. The first-order valence-electron chi connectivity index (χ1n) is 8.90. The minimum atomic E-state index is -0.159. The van der Waals surface area contributed by atoms with Crippen LogP contribution in [0.3, 0.4) is 0 Å². The molecule has 3 aromatic rings. The molecule has 0 bridgehead atoms. The minimum Gasteiger partial charge on any atom is -0.483 e. The summed E-state index contributed by atoms with van der Waals surface area (Å²) in [7, 11) is 1.99. The van der Waals surface area contributed by atoms with E-state index in [-0.39, 0.29) is 6.10 Å². The minimum absolute atomic E-state index is 0.159. The first-order valence-corrected chi connectivity index (χ1v) is 9.88. The summed E-state index contributed by atoms with van der Waals surface area (Å²) in [6, 6.07) is 16.8. The Morgan fingerprint density at radius 1 is 1.00 bits per heavy atom. The highest BCUT2D eigenvalue weighted by molar-refractivity contribution is 7.98. The van der Waals surface area contributed by atoms with Crippen molar-refractivity contribution in [1.29, 1.82) is 0 Å². The molecule has 0 amide bonds. The van der Waals surface area contributed by atoms with Crippen LogP contribution >= 0.6 is 11.8 Å². The van der Waals surface area contributed by atoms with Crippen molar-refractivity contribution in [3.8, 4) is 5.75 Å². The van der Waals surface area contributed by atoms with E-state index in [0.717, 1.165) is 28.9 Å². The highest BCUT2D eigenvalue weighted by Crippen LogP contribution is 2.25. The van der Waals surface area contributed by atoms with E-state index in [9.17, 15) is 0 Å². The van der Waals surface area contributed by atoms with Crippen molar-refractivity contribution in [1.82, 2.24) is 14.8 Å². The van der Waals surface area contributed by atoms with Gasteiger partial charge in [0.25, 0.3) is 0 Å². The van der Waals surface area contributed by atoms with Crippen molar-refractivity contribution in [2.45, 2.75) is 44.2 Å². The normalized spacial score (nSPS) is 12.2. The van der Waals surface area contributed by atoms with Gasteiger partial charge in [0.15, 0.2) is 17.1 Å². The Morgan fingerprint density at radius 3 is 2.31 bits per heavy atom. The number of thioether (sulfide) groups is 1. The Kier molecular flexibility index (Phi) is 5.99. The molecule has 3 rings (SSSR count). The molecule has 2 aromatic carbocycles. The second-order valence-corrected chi connectivity index (χ2v) is 7.37. The predicted molar refractivity (Wildman–Crippen MR) is 107 cm³/mol. The van der Waals surface area contributed by atoms with E-state index >= 15 is 0 Å². The van der Waals surface area contributed by atoms with Crippen LogP contribution in [0.5, 0.6) is 5.75 Å². The summed E-state index contributed by atoms with van der Waals surface area (Å²) < 4.78 is 8.06. The van der Waals surface area contributed by atoms with Gasteiger partial charge in [0.2, 0.25) is 0 Å². The van der Waals surface area contributed by atoms with Crippen molar-refractivity contribution in [3.05, 3.63) is 71.0 Å². The van der Waals surface area contributed by atoms with E-state index in [1.54, 1.807) is 11.8 Å². The average molecular weight is 368 g/mol. The van der Waals surface area contributed by atoms with E-state index in [2.05, 4.69) is 60.4 Å². The Balaban J connectivity index is 1.64. The van der Waals surface area contributed by atoms with Gasteiger partial charge in [0.05, 0.1) is 0 Å². The molecule has 0 saturated heterocycles. The molecule has 1 aromatic heterocycles. The van der Waals surface area contributed by atoms with Crippen LogP contribution in [0.2, 0.25) is 0 Å². The van der Waals surface area contributed by atoms with Gasteiger partial charge in [-0.05, 0) is 43.5 Å². The average Bonchev–Trinajstić information content (AvgIpc) is 3.02. The number of hydrogen-bond acceptors (Lipinski definition) is 4. The predicted octanol–water partition coefficient (Wildman–Crippen LogP) is 5.12. The van der Waals surface area contributed by atoms with Crippen molar-refractivity contribution in [3.63, 3.8) is 0 Å². The molecule has 26 heavy (non-hydrogen) atoms. The summed E-state index contributed by atoms with van der Waals surface area (Å²) in [5.41, 5.74) is 3.86. The number of rotatable bonds is 7. The van der Waals surface area contributed by atoms with Crippen molar-refractivity contribution in [2.24, 2.45) is 7.05 Å². The van der Waals surface area contributed by atoms with Crippen molar-refractivity contribution in [2.75, 3.05) is 0 Å². The maximum absolute atomic E-state index is 6.04. The molecule has 136 valence electrons. The quantitative estimate of drug-likeness (QED) is 0.544. The van der Waals surface area contributed by atoms with Gasteiger partial charge in [0.1, 0.15) is 5.75 Å². The second-order valence-electron chi connectivity index (χ2n) is 6.43. The van der Waals surface area contributed by atoms with Crippen LogP contribution < -0.4 is 4.74 Å². The van der Waals surface area contributed by atoms with Crippen LogP contribution in [0, 0.1) is 6.92 Å². The molecule has 0 aliphatic rings. The number of ether oxygens (including phenoxy) is 1. The van der Waals surface area contributed by atoms with E-state index in [4.69, 9.17) is 4.74 Å². The van der Waals surface area contributed by atoms with Crippen LogP contribution in [0.4, 0.5) is 0 Å². The molecule has 0 unspecified atom stereocenters. The number of aryl methyl sites for hydroxylation is 2. The summed E-state index contributed by atoms with van der Waals surface area (Å²) in [6.07, 6.45) is 0.870. The zero-order chi connectivity index (χ0) is 18.5. The molecule has 1 heterocycles. The summed E-state index contributed by atoms with van der Waals surface area (Å²) in [4.78, 5) is 0. The molecule has 5 heteroatoms. The standard InChI is InChI=1S/C21H25N3OS/c1-5-17-10-12-19(13-11-17)25-16(3)20-22-23-21(24(20)4)26-14-18-8-6-15(2)7-9-18/h6-13,16H,5,14H2,1-4H3/t16-/m1/s1. The maximum Gasteiger partial charge on any atom is 0.191 e. The first-order chi connectivity index (χ1) is 12.6. The molecule has 0 fully saturated rings. The largest absolute Gasteiger partial charge is 0.483 e. The summed E-state index contributed by atoms with van der Waals surface area (Å²) >= 11 is 1.69. The Morgan fingerprint density at radius 2 is 1.65 bits per heavy atom. The van der Waals surface area contributed by atoms with Gasteiger partial charge in [-0.15, -0.1) is 10.2 Å². The third-order valence-electron chi connectivity index (χ3n) is 4.37. The molecular weight excluding hydrogens is 342 g/mol. The SMILES string of the molecule is CCc1ccc(O[C@H](C)c2nnc(SCc3ccc(C)cc3)n2C)cc1. The van der Waals surface area contributed by atoms with E-state index < -0.39 is 0 Å². The van der Waals surface area contributed by atoms with Crippen LogP contribution in [-0.2, 0) is 19.2 Å². The third kappa shape index (κ3) is 4.47. The fourth-order valence-corrected chi connectivity index (χ4v) is 3.57. The Bertz CT molecular complexity index is 841. The lowest BCUT2D eigenvalue weighted by molar-refractivity contribution is 0.211. The van der Waals surface area contributed by atoms with E-state index in [1.807, 2.05) is 30.7 Å². The van der Waals surface area contributed by atoms with Gasteiger partial charge in [-0.1, -0.05) is 60.6 Å². The second kappa shape index (κ2) is 8.41. The van der Waals surface area contributed by atoms with Gasteiger partial charge in [-0.3, -0.25) is 0 Å². The van der Waals surface area contributed by atoms with E-state index in [0.29, 0.717) is 0 Å². The molecule has 0 radical (unpaired) electrons. The van der Waals surface area contributed by atoms with Gasteiger partial charge < -0.3 is 9.30 Å².